The minimum absolute atomic E-state index is 0.189. The lowest BCUT2D eigenvalue weighted by atomic mass is 9.70. The first-order valence-electron chi connectivity index (χ1n) is 4.87. The van der Waals surface area contributed by atoms with E-state index < -0.39 is 0 Å². The number of aldehydes is 1. The Labute approximate surface area is 85.2 Å². The highest BCUT2D eigenvalue weighted by Crippen LogP contribution is 2.41. The molecular formula is C11H17ClO. The fourth-order valence-electron chi connectivity index (χ4n) is 2.06. The standard InChI is InChI=1S/C11H17ClO/c1-9-3-5-11(8-13,6-4-9)7-10(2)12/h8-9H,2-7H2,1H3. The van der Waals surface area contributed by atoms with Gasteiger partial charge in [-0.25, -0.2) is 0 Å². The fourth-order valence-corrected chi connectivity index (χ4v) is 2.32. The third-order valence-corrected chi connectivity index (χ3v) is 3.20. The van der Waals surface area contributed by atoms with Crippen LogP contribution in [0.2, 0.25) is 0 Å². The van der Waals surface area contributed by atoms with Crippen molar-refractivity contribution in [2.45, 2.75) is 39.0 Å². The predicted molar refractivity (Wildman–Crippen MR) is 55.7 cm³/mol. The van der Waals surface area contributed by atoms with Crippen LogP contribution in [-0.4, -0.2) is 6.29 Å². The first-order valence-corrected chi connectivity index (χ1v) is 5.25. The van der Waals surface area contributed by atoms with Crippen LogP contribution in [0.1, 0.15) is 39.0 Å². The van der Waals surface area contributed by atoms with Crippen LogP contribution < -0.4 is 0 Å². The third-order valence-electron chi connectivity index (χ3n) is 3.06. The molecule has 0 aliphatic heterocycles. The average molecular weight is 201 g/mol. The monoisotopic (exact) mass is 200 g/mol. The Hall–Kier alpha value is -0.300. The van der Waals surface area contributed by atoms with Gasteiger partial charge in [-0.1, -0.05) is 25.1 Å². The van der Waals surface area contributed by atoms with E-state index in [1.807, 2.05) is 0 Å². The fraction of sp³-hybridized carbons (Fsp3) is 0.727. The summed E-state index contributed by atoms with van der Waals surface area (Å²) in [5.41, 5.74) is -0.189. The zero-order valence-electron chi connectivity index (χ0n) is 8.18. The molecule has 0 heterocycles. The van der Waals surface area contributed by atoms with Gasteiger partial charge in [0, 0.05) is 10.4 Å². The van der Waals surface area contributed by atoms with Crippen molar-refractivity contribution in [3.05, 3.63) is 11.6 Å². The van der Waals surface area contributed by atoms with Gasteiger partial charge in [-0.3, -0.25) is 0 Å². The first-order chi connectivity index (χ1) is 6.08. The summed E-state index contributed by atoms with van der Waals surface area (Å²) in [5.74, 6) is 0.761. The SMILES string of the molecule is C=C(Cl)CC1(C=O)CCC(C)CC1. The average Bonchev–Trinajstić information content (AvgIpc) is 2.09. The van der Waals surface area contributed by atoms with Crippen molar-refractivity contribution < 1.29 is 4.79 Å². The molecule has 0 atom stereocenters. The van der Waals surface area contributed by atoms with Crippen molar-refractivity contribution in [3.8, 4) is 0 Å². The van der Waals surface area contributed by atoms with Crippen LogP contribution in [0.5, 0.6) is 0 Å². The third kappa shape index (κ3) is 2.84. The molecule has 1 nitrogen and oxygen atoms in total. The Morgan fingerprint density at radius 1 is 1.62 bits per heavy atom. The highest BCUT2D eigenvalue weighted by molar-refractivity contribution is 6.29. The summed E-state index contributed by atoms with van der Waals surface area (Å²) in [6.45, 7) is 5.91. The molecule has 1 rings (SSSR count). The van der Waals surface area contributed by atoms with Gasteiger partial charge in [0.1, 0.15) is 6.29 Å². The first kappa shape index (κ1) is 10.8. The van der Waals surface area contributed by atoms with E-state index in [2.05, 4.69) is 13.5 Å². The van der Waals surface area contributed by atoms with E-state index in [0.717, 1.165) is 37.9 Å². The highest BCUT2D eigenvalue weighted by atomic mass is 35.5. The number of carbonyl (C=O) groups is 1. The Bertz CT molecular complexity index is 202. The summed E-state index contributed by atoms with van der Waals surface area (Å²) < 4.78 is 0. The second-order valence-corrected chi connectivity index (χ2v) is 4.89. The second kappa shape index (κ2) is 4.28. The topological polar surface area (TPSA) is 17.1 Å². The number of rotatable bonds is 3. The van der Waals surface area contributed by atoms with Gasteiger partial charge in [-0.05, 0) is 38.0 Å². The van der Waals surface area contributed by atoms with E-state index in [1.54, 1.807) is 0 Å². The minimum atomic E-state index is -0.189. The van der Waals surface area contributed by atoms with E-state index in [4.69, 9.17) is 11.6 Å². The van der Waals surface area contributed by atoms with Crippen LogP contribution in [0.15, 0.2) is 11.6 Å². The predicted octanol–water partition coefficient (Wildman–Crippen LogP) is 3.52. The summed E-state index contributed by atoms with van der Waals surface area (Å²) in [6, 6.07) is 0. The van der Waals surface area contributed by atoms with Crippen molar-refractivity contribution in [1.29, 1.82) is 0 Å². The molecule has 0 saturated heterocycles. The van der Waals surface area contributed by atoms with Crippen LogP contribution in [0, 0.1) is 11.3 Å². The molecule has 13 heavy (non-hydrogen) atoms. The number of halogens is 1. The lowest BCUT2D eigenvalue weighted by molar-refractivity contribution is -0.118. The van der Waals surface area contributed by atoms with Gasteiger partial charge < -0.3 is 4.79 Å². The number of allylic oxidation sites excluding steroid dienone is 1. The molecule has 0 N–H and O–H groups in total. The lowest BCUT2D eigenvalue weighted by Gasteiger charge is -2.34. The van der Waals surface area contributed by atoms with Crippen LogP contribution in [0.3, 0.4) is 0 Å². The van der Waals surface area contributed by atoms with Gasteiger partial charge in [0.2, 0.25) is 0 Å². The molecule has 0 radical (unpaired) electrons. The van der Waals surface area contributed by atoms with E-state index in [1.165, 1.54) is 0 Å². The van der Waals surface area contributed by atoms with E-state index in [-0.39, 0.29) is 5.41 Å². The molecule has 0 aromatic heterocycles. The molecule has 1 fully saturated rings. The van der Waals surface area contributed by atoms with Gasteiger partial charge in [-0.2, -0.15) is 0 Å². The number of hydrogen-bond donors (Lipinski definition) is 0. The summed E-state index contributed by atoms with van der Waals surface area (Å²) in [5, 5.41) is 0.613. The zero-order valence-corrected chi connectivity index (χ0v) is 8.94. The largest absolute Gasteiger partial charge is 0.303 e. The van der Waals surface area contributed by atoms with Crippen LogP contribution >= 0.6 is 11.6 Å². The molecule has 0 unspecified atom stereocenters. The Balaban J connectivity index is 2.60. The summed E-state index contributed by atoms with van der Waals surface area (Å²) in [6.07, 6.45) is 5.98. The lowest BCUT2D eigenvalue weighted by Crippen LogP contribution is -2.28. The van der Waals surface area contributed by atoms with Crippen molar-refractivity contribution in [3.63, 3.8) is 0 Å². The van der Waals surface area contributed by atoms with Gasteiger partial charge >= 0.3 is 0 Å². The van der Waals surface area contributed by atoms with Crippen molar-refractivity contribution in [2.24, 2.45) is 11.3 Å². The molecular weight excluding hydrogens is 184 g/mol. The van der Waals surface area contributed by atoms with Gasteiger partial charge in [0.05, 0.1) is 0 Å². The summed E-state index contributed by atoms with van der Waals surface area (Å²) >= 11 is 5.76. The van der Waals surface area contributed by atoms with Gasteiger partial charge in [-0.15, -0.1) is 0 Å². The normalized spacial score (nSPS) is 34.2. The maximum atomic E-state index is 11.0. The molecule has 0 aromatic rings. The Kier molecular flexibility index (Phi) is 3.55. The molecule has 0 amide bonds. The summed E-state index contributed by atoms with van der Waals surface area (Å²) in [7, 11) is 0. The molecule has 1 aliphatic rings. The maximum Gasteiger partial charge on any atom is 0.126 e. The van der Waals surface area contributed by atoms with Crippen molar-refractivity contribution in [2.75, 3.05) is 0 Å². The van der Waals surface area contributed by atoms with Crippen molar-refractivity contribution in [1.82, 2.24) is 0 Å². The molecule has 0 bridgehead atoms. The molecule has 0 aromatic carbocycles. The molecule has 0 spiro atoms. The highest BCUT2D eigenvalue weighted by Gasteiger charge is 2.33. The number of hydrogen-bond acceptors (Lipinski definition) is 1. The van der Waals surface area contributed by atoms with Crippen LogP contribution in [-0.2, 0) is 4.79 Å². The van der Waals surface area contributed by atoms with Gasteiger partial charge in [0.15, 0.2) is 0 Å². The molecule has 1 aliphatic carbocycles. The minimum Gasteiger partial charge on any atom is -0.303 e. The Morgan fingerprint density at radius 2 is 2.15 bits per heavy atom. The molecule has 74 valence electrons. The Morgan fingerprint density at radius 3 is 2.54 bits per heavy atom. The molecule has 2 heteroatoms. The van der Waals surface area contributed by atoms with Crippen LogP contribution in [0.4, 0.5) is 0 Å². The quantitative estimate of drug-likeness (QED) is 0.638. The maximum absolute atomic E-state index is 11.0. The van der Waals surface area contributed by atoms with E-state index in [9.17, 15) is 4.79 Å². The van der Waals surface area contributed by atoms with E-state index in [0.29, 0.717) is 11.5 Å². The summed E-state index contributed by atoms with van der Waals surface area (Å²) in [4.78, 5) is 11.0. The van der Waals surface area contributed by atoms with Crippen molar-refractivity contribution >= 4 is 17.9 Å². The number of carbonyl (C=O) groups excluding carboxylic acids is 1. The second-order valence-electron chi connectivity index (χ2n) is 4.36. The smallest absolute Gasteiger partial charge is 0.126 e. The molecule has 1 saturated carbocycles. The van der Waals surface area contributed by atoms with Gasteiger partial charge in [0.25, 0.3) is 0 Å². The zero-order chi connectivity index (χ0) is 9.90. The van der Waals surface area contributed by atoms with E-state index >= 15 is 0 Å². The van der Waals surface area contributed by atoms with Crippen LogP contribution in [0.25, 0.3) is 0 Å².